The van der Waals surface area contributed by atoms with Crippen molar-refractivity contribution in [2.45, 2.75) is 20.8 Å². The highest BCUT2D eigenvalue weighted by atomic mass is 28.3. The highest BCUT2D eigenvalue weighted by Gasteiger charge is 2.43. The van der Waals surface area contributed by atoms with Gasteiger partial charge in [0.15, 0.2) is 0 Å². The van der Waals surface area contributed by atoms with Crippen LogP contribution in [-0.2, 0) is 0 Å². The van der Waals surface area contributed by atoms with Crippen LogP contribution >= 0.6 is 0 Å². The first-order chi connectivity index (χ1) is 22.6. The Balaban J connectivity index is 1.52. The molecule has 0 aliphatic rings. The van der Waals surface area contributed by atoms with Gasteiger partial charge < -0.3 is 4.90 Å². The van der Waals surface area contributed by atoms with Gasteiger partial charge in [-0.15, -0.1) is 0 Å². The summed E-state index contributed by atoms with van der Waals surface area (Å²) in [4.78, 5) is 7.50. The van der Waals surface area contributed by atoms with Gasteiger partial charge in [-0.1, -0.05) is 103 Å². The molecule has 0 saturated carbocycles. The van der Waals surface area contributed by atoms with E-state index in [1.807, 2.05) is 35.4 Å². The second-order valence-corrected chi connectivity index (χ2v) is 15.5. The lowest BCUT2D eigenvalue weighted by Gasteiger charge is -2.35. The van der Waals surface area contributed by atoms with E-state index in [0.717, 1.165) is 22.4 Å². The summed E-state index contributed by atoms with van der Waals surface area (Å²) in [6, 6.07) is 52.5. The molecule has 46 heavy (non-hydrogen) atoms. The van der Waals surface area contributed by atoms with Gasteiger partial charge in [0.1, 0.15) is 0 Å². The monoisotopic (exact) mass is 612 g/mol. The molecule has 5 heteroatoms. The second-order valence-electron chi connectivity index (χ2n) is 11.8. The molecule has 0 unspecified atom stereocenters. The van der Waals surface area contributed by atoms with Gasteiger partial charge in [0.05, 0.1) is 11.4 Å². The van der Waals surface area contributed by atoms with Crippen molar-refractivity contribution in [3.05, 3.63) is 181 Å². The maximum atomic E-state index is 5.09. The molecule has 0 aliphatic heterocycles. The largest absolute Gasteiger partial charge is 0.310 e. The SMILES string of the molecule is Cc1cc(C)c(N(c2cccc(-n3cccn3)c2)c2cccc([Si](c3ccccc3)(c3ccccc3)c3ccccn3)c2)c(C)c1. The first kappa shape index (κ1) is 29.2. The predicted molar refractivity (Wildman–Crippen MR) is 194 cm³/mol. The number of rotatable bonds is 8. The van der Waals surface area contributed by atoms with Crippen molar-refractivity contribution in [2.75, 3.05) is 4.90 Å². The van der Waals surface area contributed by atoms with Gasteiger partial charge in [-0.3, -0.25) is 4.98 Å². The Kier molecular flexibility index (Phi) is 7.91. The zero-order chi connectivity index (χ0) is 31.5. The molecule has 0 atom stereocenters. The van der Waals surface area contributed by atoms with Crippen LogP contribution in [0.25, 0.3) is 5.69 Å². The summed E-state index contributed by atoms with van der Waals surface area (Å²) in [5, 5.41) is 9.50. The molecular weight excluding hydrogens is 577 g/mol. The average molecular weight is 613 g/mol. The molecule has 0 radical (unpaired) electrons. The summed E-state index contributed by atoms with van der Waals surface area (Å²) < 4.78 is 1.91. The van der Waals surface area contributed by atoms with Crippen LogP contribution in [0.15, 0.2) is 164 Å². The Morgan fingerprint density at radius 2 is 1.15 bits per heavy atom. The van der Waals surface area contributed by atoms with Crippen molar-refractivity contribution in [2.24, 2.45) is 0 Å². The molecule has 224 valence electrons. The lowest BCUT2D eigenvalue weighted by atomic mass is 10.0. The van der Waals surface area contributed by atoms with Crippen LogP contribution in [0.5, 0.6) is 0 Å². The third kappa shape index (κ3) is 5.25. The number of aromatic nitrogens is 3. The number of hydrogen-bond donors (Lipinski definition) is 0. The minimum Gasteiger partial charge on any atom is -0.310 e. The van der Waals surface area contributed by atoms with Crippen LogP contribution in [0.2, 0.25) is 0 Å². The number of hydrogen-bond acceptors (Lipinski definition) is 3. The van der Waals surface area contributed by atoms with E-state index in [1.54, 1.807) is 0 Å². The molecule has 0 aliphatic carbocycles. The highest BCUT2D eigenvalue weighted by molar-refractivity contribution is 7.19. The van der Waals surface area contributed by atoms with Crippen molar-refractivity contribution >= 4 is 46.0 Å². The third-order valence-corrected chi connectivity index (χ3v) is 13.4. The molecule has 0 bridgehead atoms. The maximum absolute atomic E-state index is 5.09. The average Bonchev–Trinajstić information content (AvgIpc) is 3.64. The molecule has 7 aromatic rings. The molecular formula is C41H36N4Si. The smallest absolute Gasteiger partial charge is 0.201 e. The number of benzene rings is 5. The zero-order valence-corrected chi connectivity index (χ0v) is 27.4. The Bertz CT molecular complexity index is 1960. The van der Waals surface area contributed by atoms with Crippen LogP contribution in [-0.4, -0.2) is 22.8 Å². The molecule has 2 heterocycles. The number of pyridine rings is 1. The summed E-state index contributed by atoms with van der Waals surface area (Å²) in [5.74, 6) is 0. The van der Waals surface area contributed by atoms with Crippen molar-refractivity contribution in [3.63, 3.8) is 0 Å². The summed E-state index contributed by atoms with van der Waals surface area (Å²) in [5.41, 5.74) is 8.09. The molecule has 2 aromatic heterocycles. The van der Waals surface area contributed by atoms with E-state index >= 15 is 0 Å². The zero-order valence-electron chi connectivity index (χ0n) is 26.4. The maximum Gasteiger partial charge on any atom is 0.201 e. The normalized spacial score (nSPS) is 11.4. The van der Waals surface area contributed by atoms with Gasteiger partial charge in [-0.05, 0) is 96.0 Å². The first-order valence-electron chi connectivity index (χ1n) is 15.7. The van der Waals surface area contributed by atoms with Gasteiger partial charge >= 0.3 is 0 Å². The van der Waals surface area contributed by atoms with E-state index in [1.165, 1.54) is 37.9 Å². The van der Waals surface area contributed by atoms with Gasteiger partial charge in [-0.25, -0.2) is 4.68 Å². The Labute approximate surface area is 272 Å². The molecule has 7 rings (SSSR count). The van der Waals surface area contributed by atoms with Gasteiger partial charge in [0, 0.05) is 35.3 Å². The lowest BCUT2D eigenvalue weighted by molar-refractivity contribution is 0.880. The molecule has 0 fully saturated rings. The van der Waals surface area contributed by atoms with Crippen LogP contribution < -0.4 is 25.8 Å². The Morgan fingerprint density at radius 1 is 0.543 bits per heavy atom. The van der Waals surface area contributed by atoms with Crippen molar-refractivity contribution in [3.8, 4) is 5.69 Å². The van der Waals surface area contributed by atoms with Crippen molar-refractivity contribution in [1.29, 1.82) is 0 Å². The van der Waals surface area contributed by atoms with Crippen LogP contribution in [0, 0.1) is 20.8 Å². The van der Waals surface area contributed by atoms with E-state index in [-0.39, 0.29) is 0 Å². The quantitative estimate of drug-likeness (QED) is 0.136. The van der Waals surface area contributed by atoms with Gasteiger partial charge in [0.25, 0.3) is 0 Å². The van der Waals surface area contributed by atoms with Gasteiger partial charge in [0.2, 0.25) is 8.07 Å². The van der Waals surface area contributed by atoms with E-state index in [0.29, 0.717) is 0 Å². The molecule has 0 N–H and O–H groups in total. The lowest BCUT2D eigenvalue weighted by Crippen LogP contribution is -2.75. The van der Waals surface area contributed by atoms with Crippen LogP contribution in [0.1, 0.15) is 16.7 Å². The minimum atomic E-state index is -2.82. The Hall–Kier alpha value is -5.52. The van der Waals surface area contributed by atoms with Crippen LogP contribution in [0.3, 0.4) is 0 Å². The fraction of sp³-hybridized carbons (Fsp3) is 0.0732. The standard InChI is InChI=1S/C41H36N4Si/c1-31-27-32(2)41(33(3)28-31)45(35-16-12-15-34(29-35)44-26-14-25-43-44)36-17-13-22-39(30-36)46(37-18-6-4-7-19-37,38-20-8-5-9-21-38)40-23-10-11-24-42-40/h4-30H,1-3H3. The molecule has 0 saturated heterocycles. The van der Waals surface area contributed by atoms with E-state index in [4.69, 9.17) is 4.98 Å². The second kappa shape index (κ2) is 12.5. The summed E-state index contributed by atoms with van der Waals surface area (Å²) in [6.07, 6.45) is 5.73. The molecule has 4 nitrogen and oxygen atoms in total. The first-order valence-corrected chi connectivity index (χ1v) is 17.7. The van der Waals surface area contributed by atoms with Crippen molar-refractivity contribution in [1.82, 2.24) is 14.8 Å². The van der Waals surface area contributed by atoms with E-state index in [2.05, 4.69) is 164 Å². The van der Waals surface area contributed by atoms with Crippen molar-refractivity contribution < 1.29 is 0 Å². The molecule has 0 amide bonds. The fourth-order valence-corrected chi connectivity index (χ4v) is 11.5. The summed E-state index contributed by atoms with van der Waals surface area (Å²) >= 11 is 0. The minimum absolute atomic E-state index is 1.01. The van der Waals surface area contributed by atoms with E-state index in [9.17, 15) is 0 Å². The number of anilines is 3. The van der Waals surface area contributed by atoms with Gasteiger partial charge in [-0.2, -0.15) is 5.10 Å². The topological polar surface area (TPSA) is 34.0 Å². The molecule has 5 aromatic carbocycles. The summed E-state index contributed by atoms with van der Waals surface area (Å²) in [7, 11) is -2.82. The number of aryl methyl sites for hydroxylation is 3. The third-order valence-electron chi connectivity index (χ3n) is 8.72. The highest BCUT2D eigenvalue weighted by Crippen LogP contribution is 2.39. The van der Waals surface area contributed by atoms with E-state index < -0.39 is 8.07 Å². The number of nitrogens with zero attached hydrogens (tertiary/aromatic N) is 4. The van der Waals surface area contributed by atoms with Crippen LogP contribution in [0.4, 0.5) is 17.1 Å². The summed E-state index contributed by atoms with van der Waals surface area (Å²) in [6.45, 7) is 6.59. The fourth-order valence-electron chi connectivity index (χ4n) is 6.91. The predicted octanol–water partition coefficient (Wildman–Crippen LogP) is 7.04. The molecule has 0 spiro atoms. The Morgan fingerprint density at radius 3 is 1.76 bits per heavy atom.